The van der Waals surface area contributed by atoms with Gasteiger partial charge in [-0.3, -0.25) is 10.1 Å². The Balaban J connectivity index is 1.32. The fourth-order valence-electron chi connectivity index (χ4n) is 13.9. The molecule has 0 aromatic carbocycles. The fourth-order valence-corrected chi connectivity index (χ4v) is 13.9. The second-order valence-electron chi connectivity index (χ2n) is 19.0. The van der Waals surface area contributed by atoms with Gasteiger partial charge in [-0.1, -0.05) is 60.6 Å². The monoisotopic (exact) mass is 678 g/mol. The van der Waals surface area contributed by atoms with Crippen LogP contribution in [-0.4, -0.2) is 42.1 Å². The van der Waals surface area contributed by atoms with E-state index in [1.807, 2.05) is 6.08 Å². The van der Waals surface area contributed by atoms with Crippen LogP contribution in [0.2, 0.25) is 0 Å². The van der Waals surface area contributed by atoms with Crippen LogP contribution in [0.1, 0.15) is 126 Å². The molecule has 0 aromatic rings. The summed E-state index contributed by atoms with van der Waals surface area (Å²) in [6, 6.07) is -1.67. The molecule has 272 valence electrons. The minimum absolute atomic E-state index is 0.0419. The highest BCUT2D eigenvalue weighted by Crippen LogP contribution is 2.76. The molecule has 0 aliphatic heterocycles. The van der Waals surface area contributed by atoms with Crippen molar-refractivity contribution in [3.8, 4) is 0 Å². The van der Waals surface area contributed by atoms with Gasteiger partial charge in [-0.2, -0.15) is 13.2 Å². The van der Waals surface area contributed by atoms with E-state index >= 15 is 0 Å². The zero-order valence-corrected chi connectivity index (χ0v) is 30.5. The molecule has 48 heavy (non-hydrogen) atoms. The standard InChI is InChI=1S/C40H62F4N2O2/c1-24(2)26-12-19-39(46-31(22-45)40(42,43)44)21-20-36(6)28(32(26)39)8-9-30-35(5)15-13-27(34(3,4)29(35)14-16-37(30,36)7)25-10-17-38(23-41,18-11-25)33(47)48/h10,13,24,26,28-32,46H,8-9,11-12,14-23,45H2,1-7H3,(H,47,48)/t26-,28+,29-,30+,31?,32+,35-,36+,37+,38-,39?/m0/s1. The summed E-state index contributed by atoms with van der Waals surface area (Å²) in [7, 11) is 0. The van der Waals surface area contributed by atoms with Crippen LogP contribution in [0, 0.1) is 62.6 Å². The maximum atomic E-state index is 14.2. The molecule has 11 atom stereocenters. The Bertz CT molecular complexity index is 1340. The van der Waals surface area contributed by atoms with Crippen molar-refractivity contribution in [3.63, 3.8) is 0 Å². The predicted molar refractivity (Wildman–Crippen MR) is 183 cm³/mol. The van der Waals surface area contributed by atoms with E-state index in [4.69, 9.17) is 5.73 Å². The fraction of sp³-hybridized carbons (Fsp3) is 0.875. The molecule has 0 radical (unpaired) electrons. The van der Waals surface area contributed by atoms with Gasteiger partial charge in [-0.15, -0.1) is 0 Å². The Hall–Kier alpha value is -1.41. The third-order valence-corrected chi connectivity index (χ3v) is 16.7. The molecule has 6 aliphatic carbocycles. The van der Waals surface area contributed by atoms with Crippen LogP contribution in [0.5, 0.6) is 0 Å². The summed E-state index contributed by atoms with van der Waals surface area (Å²) in [4.78, 5) is 11.9. The minimum atomic E-state index is -4.36. The van der Waals surface area contributed by atoms with Crippen molar-refractivity contribution < 1.29 is 27.5 Å². The smallest absolute Gasteiger partial charge is 0.405 e. The molecule has 8 heteroatoms. The number of nitrogens with two attached hydrogens (primary N) is 1. The Morgan fingerprint density at radius 3 is 2.21 bits per heavy atom. The lowest BCUT2D eigenvalue weighted by atomic mass is 9.32. The number of aliphatic carboxylic acids is 1. The number of halogens is 4. The molecule has 0 spiro atoms. The van der Waals surface area contributed by atoms with Crippen molar-refractivity contribution in [2.45, 2.75) is 143 Å². The van der Waals surface area contributed by atoms with E-state index in [0.29, 0.717) is 42.4 Å². The highest BCUT2D eigenvalue weighted by molar-refractivity contribution is 5.75. The van der Waals surface area contributed by atoms with Gasteiger partial charge < -0.3 is 10.8 Å². The first-order chi connectivity index (χ1) is 22.3. The van der Waals surface area contributed by atoms with Gasteiger partial charge in [0.15, 0.2) is 0 Å². The van der Waals surface area contributed by atoms with Crippen LogP contribution in [0.15, 0.2) is 23.3 Å². The van der Waals surface area contributed by atoms with E-state index < -0.39 is 42.4 Å². The number of hydrogen-bond donors (Lipinski definition) is 3. The molecule has 4 nitrogen and oxygen atoms in total. The Labute approximate surface area is 286 Å². The molecule has 6 rings (SSSR count). The zero-order valence-electron chi connectivity index (χ0n) is 30.5. The number of fused-ring (bicyclic) bond motifs is 7. The second-order valence-corrected chi connectivity index (χ2v) is 19.0. The van der Waals surface area contributed by atoms with Crippen LogP contribution < -0.4 is 11.1 Å². The van der Waals surface area contributed by atoms with Crippen molar-refractivity contribution in [2.24, 2.45) is 68.3 Å². The normalized spacial score (nSPS) is 46.1. The number of alkyl halides is 4. The first-order valence-corrected chi connectivity index (χ1v) is 19.0. The number of nitrogens with one attached hydrogen (secondary N) is 1. The second kappa shape index (κ2) is 11.8. The Morgan fingerprint density at radius 2 is 1.65 bits per heavy atom. The SMILES string of the molecule is CC(C)[C@@H]1CCC2(NC(CN)C(F)(F)F)CC[C@]3(C)[C@H](CC[C@@H]4[C@@]5(C)CC=C(C6=CC[C@](CF)(C(=O)O)CC6)C(C)(C)[C@@H]5CC[C@]43C)[C@@H]12. The first-order valence-electron chi connectivity index (χ1n) is 19.0. The number of rotatable bonds is 7. The summed E-state index contributed by atoms with van der Waals surface area (Å²) < 4.78 is 56.4. The molecular formula is C40H62F4N2O2. The van der Waals surface area contributed by atoms with Gasteiger partial charge in [0.05, 0.1) is 5.41 Å². The largest absolute Gasteiger partial charge is 0.481 e. The number of hydrogen-bond acceptors (Lipinski definition) is 3. The molecule has 0 bridgehead atoms. The molecule has 2 unspecified atom stereocenters. The van der Waals surface area contributed by atoms with Crippen molar-refractivity contribution in [2.75, 3.05) is 13.2 Å². The van der Waals surface area contributed by atoms with Crippen molar-refractivity contribution >= 4 is 5.97 Å². The molecule has 6 aliphatic rings. The maximum Gasteiger partial charge on any atom is 0.405 e. The van der Waals surface area contributed by atoms with E-state index in [9.17, 15) is 27.5 Å². The third kappa shape index (κ3) is 5.05. The number of allylic oxidation sites excluding steroid dienone is 4. The zero-order chi connectivity index (χ0) is 35.3. The number of carbonyl (C=O) groups is 1. The predicted octanol–water partition coefficient (Wildman–Crippen LogP) is 9.64. The summed E-state index contributed by atoms with van der Waals surface area (Å²) in [5.41, 5.74) is 6.64. The van der Waals surface area contributed by atoms with Gasteiger partial charge >= 0.3 is 12.1 Å². The molecule has 0 heterocycles. The molecule has 4 saturated carbocycles. The van der Waals surface area contributed by atoms with Gasteiger partial charge in [0.25, 0.3) is 0 Å². The molecule has 4 fully saturated rings. The van der Waals surface area contributed by atoms with Gasteiger partial charge in [0.2, 0.25) is 0 Å². The molecular weight excluding hydrogens is 616 g/mol. The van der Waals surface area contributed by atoms with Crippen LogP contribution in [0.25, 0.3) is 0 Å². The highest BCUT2D eigenvalue weighted by atomic mass is 19.4. The van der Waals surface area contributed by atoms with Crippen LogP contribution in [0.3, 0.4) is 0 Å². The molecule has 0 aromatic heterocycles. The lowest BCUT2D eigenvalue weighted by Gasteiger charge is -2.72. The van der Waals surface area contributed by atoms with Crippen LogP contribution >= 0.6 is 0 Å². The van der Waals surface area contributed by atoms with Crippen molar-refractivity contribution in [1.29, 1.82) is 0 Å². The van der Waals surface area contributed by atoms with Gasteiger partial charge in [-0.25, -0.2) is 4.39 Å². The topological polar surface area (TPSA) is 75.3 Å². The Kier molecular flexibility index (Phi) is 8.96. The molecule has 0 amide bonds. The van der Waals surface area contributed by atoms with Crippen molar-refractivity contribution in [3.05, 3.63) is 23.3 Å². The first kappa shape index (κ1) is 36.4. The van der Waals surface area contributed by atoms with E-state index in [1.165, 1.54) is 11.1 Å². The number of carboxylic acid groups (broad SMARTS) is 1. The lowest BCUT2D eigenvalue weighted by molar-refractivity contribution is -0.227. The van der Waals surface area contributed by atoms with Gasteiger partial charge in [-0.05, 0) is 145 Å². The van der Waals surface area contributed by atoms with Gasteiger partial charge in [0, 0.05) is 12.1 Å². The van der Waals surface area contributed by atoms with Crippen molar-refractivity contribution in [1.82, 2.24) is 5.32 Å². The summed E-state index contributed by atoms with van der Waals surface area (Å²) in [5, 5.41) is 13.0. The Morgan fingerprint density at radius 1 is 0.938 bits per heavy atom. The average molecular weight is 679 g/mol. The average Bonchev–Trinajstić information content (AvgIpc) is 3.39. The van der Waals surface area contributed by atoms with Crippen LogP contribution in [0.4, 0.5) is 17.6 Å². The lowest BCUT2D eigenvalue weighted by Crippen LogP contribution is -2.70. The van der Waals surface area contributed by atoms with E-state index in [1.54, 1.807) is 0 Å². The summed E-state index contributed by atoms with van der Waals surface area (Å²) in [6.07, 6.45) is 10.2. The van der Waals surface area contributed by atoms with E-state index in [-0.39, 0.29) is 34.0 Å². The summed E-state index contributed by atoms with van der Waals surface area (Å²) in [6.45, 7) is 15.7. The highest BCUT2D eigenvalue weighted by Gasteiger charge is 2.71. The number of carboxylic acids is 1. The van der Waals surface area contributed by atoms with E-state index in [0.717, 1.165) is 57.8 Å². The summed E-state index contributed by atoms with van der Waals surface area (Å²) >= 11 is 0. The molecule has 4 N–H and O–H groups in total. The maximum absolute atomic E-state index is 14.2. The third-order valence-electron chi connectivity index (χ3n) is 16.7. The quantitative estimate of drug-likeness (QED) is 0.235. The van der Waals surface area contributed by atoms with Gasteiger partial charge in [0.1, 0.15) is 12.7 Å². The van der Waals surface area contributed by atoms with Crippen LogP contribution in [-0.2, 0) is 4.79 Å². The molecule has 0 saturated heterocycles. The van der Waals surface area contributed by atoms with E-state index in [2.05, 4.69) is 59.9 Å². The summed E-state index contributed by atoms with van der Waals surface area (Å²) in [5.74, 6) is 1.36. The minimum Gasteiger partial charge on any atom is -0.481 e.